The highest BCUT2D eigenvalue weighted by Gasteiger charge is 2.14. The molecule has 3 aromatic rings. The van der Waals surface area contributed by atoms with Crippen molar-refractivity contribution in [3.8, 4) is 17.4 Å². The third-order valence-corrected chi connectivity index (χ3v) is 5.58. The summed E-state index contributed by atoms with van der Waals surface area (Å²) in [6, 6.07) is 14.9. The standard InChI is InChI=1S/C23H23BrCl2N2O3/c1-2-29-21-13-16(14-27-10-11-30-22-8-3-4-9-28-22)12-18(24)23(21)31-15-17-19(25)6-5-7-20(17)26/h3-9,12-13,27H,2,10-11,14-15H2,1H3. The molecule has 0 aliphatic carbocycles. The summed E-state index contributed by atoms with van der Waals surface area (Å²) in [5.41, 5.74) is 1.79. The molecular weight excluding hydrogens is 503 g/mol. The molecule has 0 saturated heterocycles. The van der Waals surface area contributed by atoms with Gasteiger partial charge in [-0.05, 0) is 58.7 Å². The maximum Gasteiger partial charge on any atom is 0.213 e. The molecule has 8 heteroatoms. The van der Waals surface area contributed by atoms with Gasteiger partial charge in [0, 0.05) is 41.0 Å². The number of nitrogens with one attached hydrogen (secondary N) is 1. The van der Waals surface area contributed by atoms with Gasteiger partial charge in [0.25, 0.3) is 0 Å². The molecule has 3 rings (SSSR count). The lowest BCUT2D eigenvalue weighted by atomic mass is 10.2. The van der Waals surface area contributed by atoms with Crippen LogP contribution >= 0.6 is 39.1 Å². The maximum atomic E-state index is 6.25. The van der Waals surface area contributed by atoms with Gasteiger partial charge in [-0.15, -0.1) is 0 Å². The monoisotopic (exact) mass is 524 g/mol. The molecule has 0 aliphatic rings. The van der Waals surface area contributed by atoms with Gasteiger partial charge >= 0.3 is 0 Å². The van der Waals surface area contributed by atoms with Gasteiger partial charge in [0.05, 0.1) is 11.1 Å². The van der Waals surface area contributed by atoms with Crippen molar-refractivity contribution in [2.75, 3.05) is 19.8 Å². The highest BCUT2D eigenvalue weighted by atomic mass is 79.9. The zero-order valence-corrected chi connectivity index (χ0v) is 20.1. The molecule has 1 aromatic heterocycles. The first-order valence-corrected chi connectivity index (χ1v) is 11.4. The lowest BCUT2D eigenvalue weighted by Gasteiger charge is -2.17. The fourth-order valence-electron chi connectivity index (χ4n) is 2.83. The lowest BCUT2D eigenvalue weighted by Crippen LogP contribution is -2.20. The summed E-state index contributed by atoms with van der Waals surface area (Å²) in [5.74, 6) is 1.88. The second-order valence-corrected chi connectivity index (χ2v) is 8.19. The molecule has 0 atom stereocenters. The van der Waals surface area contributed by atoms with E-state index in [2.05, 4.69) is 26.2 Å². The predicted molar refractivity (Wildman–Crippen MR) is 128 cm³/mol. The Labute approximate surface area is 200 Å². The largest absolute Gasteiger partial charge is 0.490 e. The molecule has 0 fully saturated rings. The van der Waals surface area contributed by atoms with E-state index in [1.54, 1.807) is 24.4 Å². The fourth-order valence-corrected chi connectivity index (χ4v) is 3.94. The Bertz CT molecular complexity index is 970. The van der Waals surface area contributed by atoms with E-state index in [9.17, 15) is 0 Å². The van der Waals surface area contributed by atoms with Gasteiger partial charge in [-0.1, -0.05) is 35.3 Å². The molecule has 0 bridgehead atoms. The third-order valence-electron chi connectivity index (χ3n) is 4.29. The van der Waals surface area contributed by atoms with E-state index in [0.29, 0.717) is 53.7 Å². The molecule has 31 heavy (non-hydrogen) atoms. The molecule has 1 N–H and O–H groups in total. The van der Waals surface area contributed by atoms with Gasteiger partial charge < -0.3 is 19.5 Å². The molecule has 0 aliphatic heterocycles. The molecule has 0 unspecified atom stereocenters. The average Bonchev–Trinajstić information content (AvgIpc) is 2.75. The van der Waals surface area contributed by atoms with E-state index in [1.165, 1.54) is 0 Å². The lowest BCUT2D eigenvalue weighted by molar-refractivity contribution is 0.267. The van der Waals surface area contributed by atoms with Crippen LogP contribution in [0.3, 0.4) is 0 Å². The number of pyridine rings is 1. The predicted octanol–water partition coefficient (Wildman–Crippen LogP) is 6.30. The van der Waals surface area contributed by atoms with Crippen LogP contribution in [0.15, 0.2) is 59.2 Å². The molecule has 5 nitrogen and oxygen atoms in total. The summed E-state index contributed by atoms with van der Waals surface area (Å²) in [5, 5.41) is 4.49. The Morgan fingerprint density at radius 2 is 1.81 bits per heavy atom. The first-order chi connectivity index (χ1) is 15.1. The number of benzene rings is 2. The number of nitrogens with zero attached hydrogens (tertiary/aromatic N) is 1. The summed E-state index contributed by atoms with van der Waals surface area (Å²) in [7, 11) is 0. The van der Waals surface area contributed by atoms with Crippen LogP contribution in [0.1, 0.15) is 18.1 Å². The minimum atomic E-state index is 0.236. The van der Waals surface area contributed by atoms with Crippen molar-refractivity contribution in [1.29, 1.82) is 0 Å². The summed E-state index contributed by atoms with van der Waals surface area (Å²) < 4.78 is 18.2. The van der Waals surface area contributed by atoms with E-state index < -0.39 is 0 Å². The van der Waals surface area contributed by atoms with Gasteiger partial charge in [0.15, 0.2) is 11.5 Å². The molecule has 2 aromatic carbocycles. The summed E-state index contributed by atoms with van der Waals surface area (Å²) >= 11 is 16.1. The van der Waals surface area contributed by atoms with Crippen molar-refractivity contribution in [2.24, 2.45) is 0 Å². The smallest absolute Gasteiger partial charge is 0.213 e. The van der Waals surface area contributed by atoms with Crippen LogP contribution in [0.5, 0.6) is 17.4 Å². The Kier molecular flexibility index (Phi) is 9.28. The minimum absolute atomic E-state index is 0.236. The van der Waals surface area contributed by atoms with Crippen LogP contribution in [0.4, 0.5) is 0 Å². The van der Waals surface area contributed by atoms with Gasteiger partial charge in [0.1, 0.15) is 13.2 Å². The molecule has 1 heterocycles. The number of halogens is 3. The second-order valence-electron chi connectivity index (χ2n) is 6.52. The van der Waals surface area contributed by atoms with Crippen molar-refractivity contribution < 1.29 is 14.2 Å². The van der Waals surface area contributed by atoms with Crippen LogP contribution < -0.4 is 19.5 Å². The average molecular weight is 526 g/mol. The number of rotatable bonds is 11. The van der Waals surface area contributed by atoms with Crippen molar-refractivity contribution in [3.63, 3.8) is 0 Å². The van der Waals surface area contributed by atoms with Crippen LogP contribution in [-0.4, -0.2) is 24.7 Å². The maximum absolute atomic E-state index is 6.25. The van der Waals surface area contributed by atoms with Gasteiger partial charge in [0.2, 0.25) is 5.88 Å². The molecule has 0 saturated carbocycles. The molecule has 0 radical (unpaired) electrons. The Hall–Kier alpha value is -1.99. The number of aromatic nitrogens is 1. The van der Waals surface area contributed by atoms with Crippen LogP contribution in [-0.2, 0) is 13.2 Å². The van der Waals surface area contributed by atoms with Gasteiger partial charge in [-0.3, -0.25) is 0 Å². The van der Waals surface area contributed by atoms with Crippen molar-refractivity contribution >= 4 is 39.1 Å². The Morgan fingerprint density at radius 1 is 1.00 bits per heavy atom. The fraction of sp³-hybridized carbons (Fsp3) is 0.261. The second kappa shape index (κ2) is 12.2. The van der Waals surface area contributed by atoms with E-state index in [1.807, 2.05) is 37.3 Å². The van der Waals surface area contributed by atoms with Crippen molar-refractivity contribution in [1.82, 2.24) is 10.3 Å². The summed E-state index contributed by atoms with van der Waals surface area (Å²) in [6.07, 6.45) is 1.71. The van der Waals surface area contributed by atoms with E-state index in [4.69, 9.17) is 37.4 Å². The van der Waals surface area contributed by atoms with Crippen LogP contribution in [0, 0.1) is 0 Å². The van der Waals surface area contributed by atoms with Crippen molar-refractivity contribution in [2.45, 2.75) is 20.1 Å². The number of hydrogen-bond donors (Lipinski definition) is 1. The van der Waals surface area contributed by atoms with Crippen molar-refractivity contribution in [3.05, 3.63) is 80.4 Å². The van der Waals surface area contributed by atoms with Crippen LogP contribution in [0.2, 0.25) is 10.0 Å². The molecule has 0 spiro atoms. The van der Waals surface area contributed by atoms with Crippen LogP contribution in [0.25, 0.3) is 0 Å². The molecule has 164 valence electrons. The minimum Gasteiger partial charge on any atom is -0.490 e. The first kappa shape index (κ1) is 23.7. The topological polar surface area (TPSA) is 52.6 Å². The van der Waals surface area contributed by atoms with E-state index in [-0.39, 0.29) is 6.61 Å². The normalized spacial score (nSPS) is 10.7. The number of hydrogen-bond acceptors (Lipinski definition) is 5. The third kappa shape index (κ3) is 7.01. The first-order valence-electron chi connectivity index (χ1n) is 9.84. The molecule has 0 amide bonds. The van der Waals surface area contributed by atoms with E-state index in [0.717, 1.165) is 15.6 Å². The molecular formula is C23H23BrCl2N2O3. The highest BCUT2D eigenvalue weighted by molar-refractivity contribution is 9.10. The summed E-state index contributed by atoms with van der Waals surface area (Å²) in [6.45, 7) is 4.55. The highest BCUT2D eigenvalue weighted by Crippen LogP contribution is 2.38. The van der Waals surface area contributed by atoms with E-state index >= 15 is 0 Å². The Balaban J connectivity index is 1.60. The summed E-state index contributed by atoms with van der Waals surface area (Å²) in [4.78, 5) is 4.13. The van der Waals surface area contributed by atoms with Gasteiger partial charge in [-0.2, -0.15) is 0 Å². The quantitative estimate of drug-likeness (QED) is 0.298. The SMILES string of the molecule is CCOc1cc(CNCCOc2ccccn2)cc(Br)c1OCc1c(Cl)cccc1Cl. The zero-order valence-electron chi connectivity index (χ0n) is 17.0. The zero-order chi connectivity index (χ0) is 22.1. The van der Waals surface area contributed by atoms with Gasteiger partial charge in [-0.25, -0.2) is 4.98 Å². The number of ether oxygens (including phenoxy) is 3. The Morgan fingerprint density at radius 3 is 2.52 bits per heavy atom.